The number of aliphatic carboxylic acids is 1. The number of rotatable bonds is 19. The van der Waals surface area contributed by atoms with Gasteiger partial charge in [0.2, 0.25) is 11.8 Å². The summed E-state index contributed by atoms with van der Waals surface area (Å²) in [5, 5.41) is 33.5. The number of hydrogen-bond acceptors (Lipinski definition) is 10. The minimum Gasteiger partial charge on any atom is -0.481 e. The lowest BCUT2D eigenvalue weighted by Crippen LogP contribution is -2.62. The van der Waals surface area contributed by atoms with Crippen molar-refractivity contribution in [2.24, 2.45) is 46.8 Å². The summed E-state index contributed by atoms with van der Waals surface area (Å²) in [6.45, 7) is 13.0. The van der Waals surface area contributed by atoms with Gasteiger partial charge in [0.1, 0.15) is 18.0 Å². The number of carboxylic acids is 1. The van der Waals surface area contributed by atoms with Crippen LogP contribution in [0, 0.1) is 29.6 Å². The Morgan fingerprint density at radius 3 is 1.76 bits per heavy atom. The number of imide groups is 1. The Kier molecular flexibility index (Phi) is 17.2. The van der Waals surface area contributed by atoms with E-state index >= 15 is 0 Å². The van der Waals surface area contributed by atoms with E-state index in [2.05, 4.69) is 5.32 Å². The van der Waals surface area contributed by atoms with E-state index in [1.54, 1.807) is 41.5 Å². The molecule has 13 nitrogen and oxygen atoms in total. The average Bonchev–Trinajstić information content (AvgIpc) is 2.86. The van der Waals surface area contributed by atoms with Gasteiger partial charge in [-0.05, 0) is 42.9 Å². The van der Waals surface area contributed by atoms with Crippen LogP contribution in [0.3, 0.4) is 0 Å². The summed E-state index contributed by atoms with van der Waals surface area (Å²) in [5.41, 5.74) is 18.1. The number of hydrogen-bond donors (Lipinski definition) is 7. The molecule has 0 saturated heterocycles. The quantitative estimate of drug-likeness (QED) is 0.0971. The number of carboxylic acid groups (broad SMARTS) is 1. The van der Waals surface area contributed by atoms with E-state index in [0.29, 0.717) is 11.3 Å². The number of nitrogens with zero attached hydrogens (tertiary/aromatic N) is 1. The maximum Gasteiger partial charge on any atom is 0.316 e. The highest BCUT2D eigenvalue weighted by molar-refractivity contribution is 6.08. The Hall–Kier alpha value is -2.45. The first kappa shape index (κ1) is 39.5. The Morgan fingerprint density at radius 2 is 1.36 bits per heavy atom. The van der Waals surface area contributed by atoms with Gasteiger partial charge in [-0.15, -0.1) is 0 Å². The largest absolute Gasteiger partial charge is 0.481 e. The Labute approximate surface area is 249 Å². The summed E-state index contributed by atoms with van der Waals surface area (Å²) in [5.74, 6) is -8.34. The van der Waals surface area contributed by atoms with Crippen molar-refractivity contribution in [3.8, 4) is 0 Å². The molecule has 0 aliphatic carbocycles. The molecule has 0 spiro atoms. The summed E-state index contributed by atoms with van der Waals surface area (Å²) in [4.78, 5) is 66.7. The predicted molar refractivity (Wildman–Crippen MR) is 159 cm³/mol. The number of ketones is 1. The van der Waals surface area contributed by atoms with Gasteiger partial charge in [0, 0.05) is 18.5 Å². The Bertz CT molecular complexity index is 910. The van der Waals surface area contributed by atoms with Gasteiger partial charge in [-0.25, -0.2) is 0 Å². The molecule has 10 N–H and O–H groups in total. The fourth-order valence-corrected chi connectivity index (χ4v) is 4.69. The second kappa shape index (κ2) is 18.3. The second-order valence-electron chi connectivity index (χ2n) is 12.7. The van der Waals surface area contributed by atoms with Crippen molar-refractivity contribution in [3.63, 3.8) is 0 Å². The predicted octanol–water partition coefficient (Wildman–Crippen LogP) is -0.0156. The number of aliphatic hydroxyl groups is 2. The maximum atomic E-state index is 13.9. The molecule has 42 heavy (non-hydrogen) atoms. The van der Waals surface area contributed by atoms with Gasteiger partial charge in [-0.2, -0.15) is 0 Å². The van der Waals surface area contributed by atoms with Crippen LogP contribution in [0.2, 0.25) is 0 Å². The van der Waals surface area contributed by atoms with E-state index in [1.807, 2.05) is 13.8 Å². The third-order valence-electron chi connectivity index (χ3n) is 7.17. The highest BCUT2D eigenvalue weighted by atomic mass is 16.4. The van der Waals surface area contributed by atoms with Gasteiger partial charge in [0.15, 0.2) is 5.78 Å². The minimum atomic E-state index is -2.14. The van der Waals surface area contributed by atoms with Gasteiger partial charge >= 0.3 is 5.97 Å². The van der Waals surface area contributed by atoms with E-state index in [-0.39, 0.29) is 37.0 Å². The number of aliphatic hydroxyl groups excluding tert-OH is 2. The van der Waals surface area contributed by atoms with Gasteiger partial charge in [0.25, 0.3) is 5.91 Å². The highest BCUT2D eigenvalue weighted by Gasteiger charge is 2.46. The van der Waals surface area contributed by atoms with E-state index in [1.165, 1.54) is 0 Å². The molecule has 0 aromatic heterocycles. The zero-order chi connectivity index (χ0) is 33.1. The number of amides is 3. The first-order valence-corrected chi connectivity index (χ1v) is 14.8. The molecule has 0 heterocycles. The summed E-state index contributed by atoms with van der Waals surface area (Å²) >= 11 is 0. The van der Waals surface area contributed by atoms with Crippen LogP contribution in [-0.2, 0) is 24.0 Å². The van der Waals surface area contributed by atoms with Crippen molar-refractivity contribution in [3.05, 3.63) is 0 Å². The van der Waals surface area contributed by atoms with Crippen LogP contribution >= 0.6 is 0 Å². The Morgan fingerprint density at radius 1 is 0.833 bits per heavy atom. The number of carbonyl (C=O) groups is 5. The average molecular weight is 602 g/mol. The third-order valence-corrected chi connectivity index (χ3v) is 7.17. The lowest BCUT2D eigenvalue weighted by atomic mass is 9.85. The van der Waals surface area contributed by atoms with E-state index in [0.717, 1.165) is 0 Å². The number of carbonyl (C=O) groups excluding carboxylic acids is 4. The summed E-state index contributed by atoms with van der Waals surface area (Å²) < 4.78 is 0. The summed E-state index contributed by atoms with van der Waals surface area (Å²) in [6.07, 6.45) is -1.23. The van der Waals surface area contributed by atoms with Gasteiger partial charge in [-0.1, -0.05) is 55.4 Å². The lowest BCUT2D eigenvalue weighted by Gasteiger charge is -2.35. The van der Waals surface area contributed by atoms with Crippen molar-refractivity contribution in [1.82, 2.24) is 10.2 Å². The monoisotopic (exact) mass is 601 g/mol. The molecule has 0 saturated carbocycles. The molecule has 0 radical (unpaired) electrons. The van der Waals surface area contributed by atoms with Gasteiger partial charge < -0.3 is 37.8 Å². The maximum absolute atomic E-state index is 13.9. The lowest BCUT2D eigenvalue weighted by molar-refractivity contribution is -0.162. The topological polar surface area (TPSA) is 239 Å². The van der Waals surface area contributed by atoms with Crippen molar-refractivity contribution >= 4 is 29.5 Å². The molecule has 13 heteroatoms. The van der Waals surface area contributed by atoms with Crippen LogP contribution in [0.1, 0.15) is 81.1 Å². The van der Waals surface area contributed by atoms with Crippen LogP contribution in [0.25, 0.3) is 0 Å². The molecule has 0 aliphatic rings. The van der Waals surface area contributed by atoms with E-state index < -0.39 is 84.2 Å². The SMILES string of the molecule is CC(C)CC(N)CCC(=O)N(C(=O)[C@@H](NC(=O)[C@@H](N)C(C)C)C(C)C)[C@@H](CO)C(=O)C(C(=O)O)C(O)C(N)CC(C)C. The van der Waals surface area contributed by atoms with E-state index in [4.69, 9.17) is 17.2 Å². The fourth-order valence-electron chi connectivity index (χ4n) is 4.69. The molecule has 3 amide bonds. The molecule has 0 rings (SSSR count). The molecule has 0 aromatic carbocycles. The van der Waals surface area contributed by atoms with Crippen molar-refractivity contribution in [2.45, 2.75) is 117 Å². The molecule has 0 bridgehead atoms. The van der Waals surface area contributed by atoms with Gasteiger partial charge in [-0.3, -0.25) is 28.9 Å². The third kappa shape index (κ3) is 12.0. The normalized spacial score (nSPS) is 17.0. The molecular formula is C29H55N5O8. The van der Waals surface area contributed by atoms with Crippen LogP contribution in [0.4, 0.5) is 0 Å². The van der Waals surface area contributed by atoms with E-state index in [9.17, 15) is 39.3 Å². The summed E-state index contributed by atoms with van der Waals surface area (Å²) in [6, 6.07) is -5.79. The van der Waals surface area contributed by atoms with Crippen molar-refractivity contribution in [2.75, 3.05) is 6.61 Å². The molecule has 244 valence electrons. The van der Waals surface area contributed by atoms with Crippen LogP contribution in [-0.4, -0.2) is 92.6 Å². The van der Waals surface area contributed by atoms with Crippen LogP contribution < -0.4 is 22.5 Å². The first-order valence-electron chi connectivity index (χ1n) is 14.8. The number of Topliss-reactive ketones (excluding diaryl/α,β-unsaturated/α-hetero) is 1. The van der Waals surface area contributed by atoms with Gasteiger partial charge in [0.05, 0.1) is 18.8 Å². The smallest absolute Gasteiger partial charge is 0.316 e. The number of nitrogens with one attached hydrogen (secondary N) is 1. The molecule has 0 aromatic rings. The van der Waals surface area contributed by atoms with Crippen molar-refractivity contribution in [1.29, 1.82) is 0 Å². The standard InChI is InChI=1S/C29H55N5O8/c1-14(2)11-18(30)9-10-21(36)34(28(40)24(17(7)8)33-27(39)23(32)16(5)6)20(13-35)26(38)22(29(41)42)25(37)19(31)12-15(3)4/h14-20,22-25,35,37H,9-13,30-32H2,1-8H3,(H,33,39)(H,41,42)/t18?,19?,20-,22?,23-,24-,25?/m0/s1. The molecule has 0 fully saturated rings. The highest BCUT2D eigenvalue weighted by Crippen LogP contribution is 2.21. The summed E-state index contributed by atoms with van der Waals surface area (Å²) in [7, 11) is 0. The van der Waals surface area contributed by atoms with Crippen LogP contribution in [0.5, 0.6) is 0 Å². The fraction of sp³-hybridized carbons (Fsp3) is 0.828. The minimum absolute atomic E-state index is 0.0323. The zero-order valence-corrected chi connectivity index (χ0v) is 26.4. The molecule has 4 unspecified atom stereocenters. The zero-order valence-electron chi connectivity index (χ0n) is 26.4. The number of nitrogens with two attached hydrogens (primary N) is 3. The Balaban J connectivity index is 6.67. The molecule has 7 atom stereocenters. The molecular weight excluding hydrogens is 546 g/mol. The molecule has 0 aliphatic heterocycles. The second-order valence-corrected chi connectivity index (χ2v) is 12.7. The first-order chi connectivity index (χ1) is 19.3. The van der Waals surface area contributed by atoms with Crippen molar-refractivity contribution < 1.29 is 39.3 Å². The van der Waals surface area contributed by atoms with Crippen LogP contribution in [0.15, 0.2) is 0 Å².